The van der Waals surface area contributed by atoms with E-state index in [0.717, 1.165) is 44.9 Å². The van der Waals surface area contributed by atoms with Gasteiger partial charge in [0.1, 0.15) is 0 Å². The predicted octanol–water partition coefficient (Wildman–Crippen LogP) is 4.15. The number of hydrogen-bond donors (Lipinski definition) is 3. The number of carboxylic acid groups (broad SMARTS) is 1. The second-order valence-corrected chi connectivity index (χ2v) is 10.8. The number of aliphatic hydroxyl groups excluding tert-OH is 1. The lowest BCUT2D eigenvalue weighted by atomic mass is 9.46. The zero-order chi connectivity index (χ0) is 19.6. The van der Waals surface area contributed by atoms with E-state index in [1.807, 2.05) is 0 Å². The van der Waals surface area contributed by atoms with Crippen LogP contribution in [0.3, 0.4) is 0 Å². The van der Waals surface area contributed by atoms with Crippen LogP contribution in [0.1, 0.15) is 78.6 Å². The highest BCUT2D eigenvalue weighted by Gasteiger charge is 2.61. The van der Waals surface area contributed by atoms with Crippen LogP contribution in [-0.2, 0) is 4.79 Å². The first-order chi connectivity index (χ1) is 12.6. The Morgan fingerprint density at radius 1 is 1.19 bits per heavy atom. The van der Waals surface area contributed by atoms with E-state index in [9.17, 15) is 20.1 Å². The Labute approximate surface area is 163 Å². The van der Waals surface area contributed by atoms with Crippen LogP contribution in [0, 0.1) is 34.5 Å². The number of carbonyl (C=O) groups is 1. The Hall–Kier alpha value is -0.870. The third-order valence-electron chi connectivity index (χ3n) is 9.34. The molecule has 4 nitrogen and oxygen atoms in total. The maximum absolute atomic E-state index is 11.3. The van der Waals surface area contributed by atoms with Gasteiger partial charge in [-0.15, -0.1) is 0 Å². The Morgan fingerprint density at radius 3 is 2.63 bits per heavy atom. The SMILES string of the molecule is CC(O)(CC(=O)O)[C@H]1CC[C@H]2[C@@H]3CC=C4CC(O)CC[C@]4(C)[C@H]3CC[C@]12C. The number of aliphatic hydroxyl groups is 2. The number of carboxylic acids is 1. The van der Waals surface area contributed by atoms with Gasteiger partial charge < -0.3 is 15.3 Å². The van der Waals surface area contributed by atoms with Crippen LogP contribution in [0.25, 0.3) is 0 Å². The lowest BCUT2D eigenvalue weighted by molar-refractivity contribution is -0.149. The molecule has 3 N–H and O–H groups in total. The quantitative estimate of drug-likeness (QED) is 0.647. The zero-order valence-corrected chi connectivity index (χ0v) is 17.1. The fourth-order valence-corrected chi connectivity index (χ4v) is 8.09. The second kappa shape index (κ2) is 6.32. The lowest BCUT2D eigenvalue weighted by Crippen LogP contribution is -2.53. The monoisotopic (exact) mass is 376 g/mol. The highest BCUT2D eigenvalue weighted by molar-refractivity contribution is 5.68. The molecule has 0 aromatic carbocycles. The Bertz CT molecular complexity index is 653. The molecule has 0 heterocycles. The fraction of sp³-hybridized carbons (Fsp3) is 0.870. The van der Waals surface area contributed by atoms with E-state index in [1.165, 1.54) is 12.0 Å². The molecule has 27 heavy (non-hydrogen) atoms. The van der Waals surface area contributed by atoms with E-state index in [2.05, 4.69) is 19.9 Å². The lowest BCUT2D eigenvalue weighted by Gasteiger charge is -2.58. The average molecular weight is 377 g/mol. The van der Waals surface area contributed by atoms with Crippen molar-refractivity contribution < 1.29 is 20.1 Å². The summed E-state index contributed by atoms with van der Waals surface area (Å²) in [6, 6.07) is 0. The number of rotatable bonds is 3. The maximum atomic E-state index is 11.3. The minimum absolute atomic E-state index is 0.0377. The molecule has 0 spiro atoms. The molecule has 4 rings (SSSR count). The number of allylic oxidation sites excluding steroid dienone is 1. The third kappa shape index (κ3) is 2.90. The summed E-state index contributed by atoms with van der Waals surface area (Å²) in [5.41, 5.74) is 0.621. The van der Waals surface area contributed by atoms with Gasteiger partial charge in [-0.1, -0.05) is 25.5 Å². The van der Waals surface area contributed by atoms with E-state index in [0.29, 0.717) is 17.8 Å². The van der Waals surface area contributed by atoms with E-state index in [4.69, 9.17) is 0 Å². The van der Waals surface area contributed by atoms with E-state index in [1.54, 1.807) is 6.92 Å². The maximum Gasteiger partial charge on any atom is 0.306 e. The zero-order valence-electron chi connectivity index (χ0n) is 17.1. The Balaban J connectivity index is 1.62. The van der Waals surface area contributed by atoms with Crippen molar-refractivity contribution >= 4 is 5.97 Å². The van der Waals surface area contributed by atoms with Crippen LogP contribution in [0.15, 0.2) is 11.6 Å². The molecular formula is C23H36O4. The molecular weight excluding hydrogens is 340 g/mol. The summed E-state index contributed by atoms with van der Waals surface area (Å²) in [7, 11) is 0. The van der Waals surface area contributed by atoms with Crippen molar-refractivity contribution in [1.29, 1.82) is 0 Å². The van der Waals surface area contributed by atoms with Crippen LogP contribution in [0.4, 0.5) is 0 Å². The molecule has 4 heteroatoms. The Morgan fingerprint density at radius 2 is 1.93 bits per heavy atom. The van der Waals surface area contributed by atoms with Crippen LogP contribution in [0.2, 0.25) is 0 Å². The smallest absolute Gasteiger partial charge is 0.306 e. The van der Waals surface area contributed by atoms with Crippen molar-refractivity contribution in [2.24, 2.45) is 34.5 Å². The van der Waals surface area contributed by atoms with E-state index < -0.39 is 11.6 Å². The number of hydrogen-bond acceptors (Lipinski definition) is 3. The molecule has 3 saturated carbocycles. The summed E-state index contributed by atoms with van der Waals surface area (Å²) in [5.74, 6) is 1.05. The van der Waals surface area contributed by atoms with Gasteiger partial charge in [-0.05, 0) is 92.8 Å². The van der Waals surface area contributed by atoms with Crippen molar-refractivity contribution in [3.8, 4) is 0 Å². The molecule has 0 amide bonds. The van der Waals surface area contributed by atoms with Crippen molar-refractivity contribution in [1.82, 2.24) is 0 Å². The normalized spacial score (nSPS) is 48.6. The fourth-order valence-electron chi connectivity index (χ4n) is 8.09. The molecule has 4 aliphatic carbocycles. The average Bonchev–Trinajstić information content (AvgIpc) is 2.92. The van der Waals surface area contributed by atoms with Crippen LogP contribution in [-0.4, -0.2) is 33.0 Å². The van der Waals surface area contributed by atoms with Crippen molar-refractivity contribution in [3.63, 3.8) is 0 Å². The summed E-state index contributed by atoms with van der Waals surface area (Å²) in [6.07, 6.45) is 10.3. The largest absolute Gasteiger partial charge is 0.481 e. The molecule has 8 atom stereocenters. The van der Waals surface area contributed by atoms with Gasteiger partial charge in [0.05, 0.1) is 18.1 Å². The molecule has 2 unspecified atom stereocenters. The molecule has 0 aromatic rings. The first-order valence-corrected chi connectivity index (χ1v) is 10.9. The second-order valence-electron chi connectivity index (χ2n) is 10.8. The molecule has 0 saturated heterocycles. The number of aliphatic carboxylic acids is 1. The highest BCUT2D eigenvalue weighted by atomic mass is 16.4. The van der Waals surface area contributed by atoms with Gasteiger partial charge >= 0.3 is 5.97 Å². The minimum Gasteiger partial charge on any atom is -0.481 e. The summed E-state index contributed by atoms with van der Waals surface area (Å²) < 4.78 is 0. The van der Waals surface area contributed by atoms with Crippen LogP contribution < -0.4 is 0 Å². The van der Waals surface area contributed by atoms with Gasteiger partial charge in [-0.25, -0.2) is 0 Å². The molecule has 152 valence electrons. The van der Waals surface area contributed by atoms with Gasteiger partial charge in [0.25, 0.3) is 0 Å². The molecule has 0 aromatic heterocycles. The van der Waals surface area contributed by atoms with E-state index in [-0.39, 0.29) is 29.3 Å². The first-order valence-electron chi connectivity index (χ1n) is 10.9. The summed E-state index contributed by atoms with van der Waals surface area (Å²) in [4.78, 5) is 11.3. The van der Waals surface area contributed by atoms with Crippen LogP contribution >= 0.6 is 0 Å². The molecule has 0 radical (unpaired) electrons. The summed E-state index contributed by atoms with van der Waals surface area (Å²) >= 11 is 0. The molecule has 0 aliphatic heterocycles. The van der Waals surface area contributed by atoms with Gasteiger partial charge in [0.15, 0.2) is 0 Å². The van der Waals surface area contributed by atoms with E-state index >= 15 is 0 Å². The van der Waals surface area contributed by atoms with Gasteiger partial charge in [-0.2, -0.15) is 0 Å². The first kappa shape index (κ1) is 19.4. The molecule has 3 fully saturated rings. The minimum atomic E-state index is -1.13. The molecule has 0 bridgehead atoms. The van der Waals surface area contributed by atoms with Crippen LogP contribution in [0.5, 0.6) is 0 Å². The number of fused-ring (bicyclic) bond motifs is 5. The van der Waals surface area contributed by atoms with Gasteiger partial charge in [0.2, 0.25) is 0 Å². The third-order valence-corrected chi connectivity index (χ3v) is 9.34. The highest BCUT2D eigenvalue weighted by Crippen LogP contribution is 2.67. The van der Waals surface area contributed by atoms with Gasteiger partial charge in [-0.3, -0.25) is 4.79 Å². The summed E-state index contributed by atoms with van der Waals surface area (Å²) in [5, 5.41) is 30.4. The van der Waals surface area contributed by atoms with Crippen molar-refractivity contribution in [3.05, 3.63) is 11.6 Å². The molecule has 4 aliphatic rings. The van der Waals surface area contributed by atoms with Crippen molar-refractivity contribution in [2.45, 2.75) is 90.3 Å². The van der Waals surface area contributed by atoms with Gasteiger partial charge in [0, 0.05) is 0 Å². The standard InChI is InChI=1S/C23H36O4/c1-21-10-8-15(24)12-14(21)4-5-16-17-6-7-19(23(3,27)13-20(25)26)22(17,2)11-9-18(16)21/h4,15-19,24,27H,5-13H2,1-3H3,(H,25,26)/t15?,16-,17-,18-,19-,21-,22-,23?/m0/s1. The topological polar surface area (TPSA) is 77.8 Å². The predicted molar refractivity (Wildman–Crippen MR) is 104 cm³/mol. The summed E-state index contributed by atoms with van der Waals surface area (Å²) in [6.45, 7) is 6.50. The van der Waals surface area contributed by atoms with Crippen molar-refractivity contribution in [2.75, 3.05) is 0 Å². The Kier molecular flexibility index (Phi) is 4.55.